The number of pyridine rings is 1. The van der Waals surface area contributed by atoms with E-state index >= 15 is 0 Å². The van der Waals surface area contributed by atoms with E-state index in [0.29, 0.717) is 12.0 Å². The van der Waals surface area contributed by atoms with Crippen molar-refractivity contribution in [2.45, 2.75) is 33.2 Å². The lowest BCUT2D eigenvalue weighted by molar-refractivity contribution is 0.384. The minimum atomic E-state index is 0.314. The zero-order valence-corrected chi connectivity index (χ0v) is 9.83. The monoisotopic (exact) mass is 207 g/mol. The number of aromatic nitrogens is 1. The third-order valence-electron chi connectivity index (χ3n) is 2.86. The zero-order valence-electron chi connectivity index (χ0n) is 9.83. The maximum Gasteiger partial charge on any atom is 0.0393 e. The number of hydrogen-bond donors (Lipinski definition) is 2. The van der Waals surface area contributed by atoms with Gasteiger partial charge in [-0.05, 0) is 18.5 Å². The molecule has 0 aliphatic rings. The number of nitrogens with zero attached hydrogens (tertiary/aromatic N) is 1. The van der Waals surface area contributed by atoms with Gasteiger partial charge in [0.1, 0.15) is 0 Å². The molecule has 3 nitrogen and oxygen atoms in total. The van der Waals surface area contributed by atoms with Gasteiger partial charge < -0.3 is 11.1 Å². The molecule has 1 rings (SSSR count). The summed E-state index contributed by atoms with van der Waals surface area (Å²) >= 11 is 0. The second-order valence-corrected chi connectivity index (χ2v) is 3.93. The maximum atomic E-state index is 5.96. The molecule has 84 valence electrons. The van der Waals surface area contributed by atoms with E-state index in [4.69, 9.17) is 5.73 Å². The largest absolute Gasteiger partial charge is 0.398 e. The average Bonchev–Trinajstić information content (AvgIpc) is 2.26. The van der Waals surface area contributed by atoms with E-state index in [-0.39, 0.29) is 0 Å². The number of nitrogens with one attached hydrogen (secondary N) is 1. The number of rotatable bonds is 5. The number of hydrogen-bond acceptors (Lipinski definition) is 3. The summed E-state index contributed by atoms with van der Waals surface area (Å²) in [6.07, 6.45) is 4.74. The molecule has 0 spiro atoms. The first-order chi connectivity index (χ1) is 7.20. The van der Waals surface area contributed by atoms with Crippen molar-refractivity contribution in [3.05, 3.63) is 24.0 Å². The molecule has 0 aliphatic heterocycles. The van der Waals surface area contributed by atoms with Crippen molar-refractivity contribution in [2.24, 2.45) is 5.92 Å². The Morgan fingerprint density at radius 1 is 1.47 bits per heavy atom. The summed E-state index contributed by atoms with van der Waals surface area (Å²) in [6, 6.07) is 2.18. The van der Waals surface area contributed by atoms with Crippen molar-refractivity contribution < 1.29 is 0 Å². The van der Waals surface area contributed by atoms with Crippen LogP contribution in [-0.4, -0.2) is 11.5 Å². The summed E-state index contributed by atoms with van der Waals surface area (Å²) in [5, 5.41) is 3.47. The molecule has 0 amide bonds. The quantitative estimate of drug-likeness (QED) is 0.779. The molecule has 1 heterocycles. The Kier molecular flexibility index (Phi) is 4.56. The molecule has 2 unspecified atom stereocenters. The van der Waals surface area contributed by atoms with E-state index in [9.17, 15) is 0 Å². The highest BCUT2D eigenvalue weighted by molar-refractivity contribution is 5.46. The molecular formula is C12H21N3. The minimum absolute atomic E-state index is 0.314. The number of anilines is 1. The molecule has 0 aliphatic carbocycles. The third-order valence-corrected chi connectivity index (χ3v) is 2.86. The maximum absolute atomic E-state index is 5.96. The van der Waals surface area contributed by atoms with Crippen LogP contribution in [0.15, 0.2) is 18.5 Å². The average molecular weight is 207 g/mol. The van der Waals surface area contributed by atoms with Crippen molar-refractivity contribution in [3.8, 4) is 0 Å². The summed E-state index contributed by atoms with van der Waals surface area (Å²) < 4.78 is 0. The Morgan fingerprint density at radius 3 is 2.73 bits per heavy atom. The van der Waals surface area contributed by atoms with Gasteiger partial charge in [0.15, 0.2) is 0 Å². The highest BCUT2D eigenvalue weighted by atomic mass is 14.9. The highest BCUT2D eigenvalue weighted by Crippen LogP contribution is 2.27. The van der Waals surface area contributed by atoms with Crippen LogP contribution in [0.2, 0.25) is 0 Å². The van der Waals surface area contributed by atoms with Gasteiger partial charge in [-0.2, -0.15) is 0 Å². The van der Waals surface area contributed by atoms with E-state index in [0.717, 1.165) is 24.2 Å². The normalized spacial score (nSPS) is 14.9. The van der Waals surface area contributed by atoms with Crippen LogP contribution in [0, 0.1) is 5.92 Å². The summed E-state index contributed by atoms with van der Waals surface area (Å²) in [5.41, 5.74) is 7.91. The smallest absolute Gasteiger partial charge is 0.0393 e. The van der Waals surface area contributed by atoms with Gasteiger partial charge in [-0.25, -0.2) is 0 Å². The fourth-order valence-electron chi connectivity index (χ4n) is 1.75. The van der Waals surface area contributed by atoms with Gasteiger partial charge in [-0.3, -0.25) is 4.98 Å². The van der Waals surface area contributed by atoms with Gasteiger partial charge in [0, 0.05) is 29.7 Å². The molecule has 0 radical (unpaired) electrons. The van der Waals surface area contributed by atoms with E-state index in [2.05, 4.69) is 31.1 Å². The summed E-state index contributed by atoms with van der Waals surface area (Å²) in [4.78, 5) is 4.15. The van der Waals surface area contributed by atoms with Crippen LogP contribution in [0.3, 0.4) is 0 Å². The molecule has 0 aromatic carbocycles. The van der Waals surface area contributed by atoms with Gasteiger partial charge in [-0.15, -0.1) is 0 Å². The molecule has 15 heavy (non-hydrogen) atoms. The van der Waals surface area contributed by atoms with Crippen LogP contribution in [0.4, 0.5) is 5.69 Å². The van der Waals surface area contributed by atoms with Gasteiger partial charge in [-0.1, -0.05) is 27.2 Å². The molecule has 2 atom stereocenters. The molecule has 0 saturated carbocycles. The summed E-state index contributed by atoms with van der Waals surface area (Å²) in [6.45, 7) is 7.49. The second kappa shape index (κ2) is 5.71. The van der Waals surface area contributed by atoms with E-state index in [1.807, 2.05) is 12.3 Å². The van der Waals surface area contributed by atoms with Crippen molar-refractivity contribution in [1.82, 2.24) is 10.3 Å². The highest BCUT2D eigenvalue weighted by Gasteiger charge is 2.18. The SMILES string of the molecule is CCNC(c1cnccc1N)C(C)CC. The molecule has 0 bridgehead atoms. The molecule has 0 saturated heterocycles. The minimum Gasteiger partial charge on any atom is -0.398 e. The second-order valence-electron chi connectivity index (χ2n) is 3.93. The molecule has 1 aromatic rings. The van der Waals surface area contributed by atoms with Gasteiger partial charge in [0.2, 0.25) is 0 Å². The first-order valence-electron chi connectivity index (χ1n) is 5.63. The van der Waals surface area contributed by atoms with E-state index < -0.39 is 0 Å². The van der Waals surface area contributed by atoms with E-state index in [1.54, 1.807) is 6.20 Å². The van der Waals surface area contributed by atoms with Crippen LogP contribution in [0.25, 0.3) is 0 Å². The first-order valence-corrected chi connectivity index (χ1v) is 5.63. The number of nitrogen functional groups attached to an aromatic ring is 1. The predicted molar refractivity (Wildman–Crippen MR) is 64.5 cm³/mol. The van der Waals surface area contributed by atoms with Crippen molar-refractivity contribution >= 4 is 5.69 Å². The summed E-state index contributed by atoms with van der Waals surface area (Å²) in [5.74, 6) is 0.566. The number of nitrogens with two attached hydrogens (primary N) is 1. The lowest BCUT2D eigenvalue weighted by Crippen LogP contribution is -2.27. The predicted octanol–water partition coefficient (Wildman–Crippen LogP) is 2.36. The Bertz CT molecular complexity index is 299. The van der Waals surface area contributed by atoms with Crippen LogP contribution < -0.4 is 11.1 Å². The van der Waals surface area contributed by atoms with Crippen LogP contribution in [-0.2, 0) is 0 Å². The van der Waals surface area contributed by atoms with Crippen LogP contribution in [0.1, 0.15) is 38.8 Å². The Labute approximate surface area is 92.1 Å². The molecule has 3 heteroatoms. The first kappa shape index (κ1) is 12.0. The lowest BCUT2D eigenvalue weighted by atomic mass is 9.92. The molecular weight excluding hydrogens is 186 g/mol. The van der Waals surface area contributed by atoms with Crippen LogP contribution >= 0.6 is 0 Å². The van der Waals surface area contributed by atoms with Crippen LogP contribution in [0.5, 0.6) is 0 Å². The van der Waals surface area contributed by atoms with Crippen molar-refractivity contribution in [1.29, 1.82) is 0 Å². The Morgan fingerprint density at radius 2 is 2.20 bits per heavy atom. The van der Waals surface area contributed by atoms with E-state index in [1.165, 1.54) is 0 Å². The third kappa shape index (κ3) is 2.93. The van der Waals surface area contributed by atoms with Gasteiger partial charge >= 0.3 is 0 Å². The fourth-order valence-corrected chi connectivity index (χ4v) is 1.75. The standard InChI is InChI=1S/C12H21N3/c1-4-9(3)12(15-5-2)10-8-14-7-6-11(10)13/h6-9,12,15H,4-5H2,1-3H3,(H2,13,14). The molecule has 0 fully saturated rings. The van der Waals surface area contributed by atoms with Gasteiger partial charge in [0.05, 0.1) is 0 Å². The molecule has 3 N–H and O–H groups in total. The Hall–Kier alpha value is -1.09. The molecule has 1 aromatic heterocycles. The fraction of sp³-hybridized carbons (Fsp3) is 0.583. The van der Waals surface area contributed by atoms with Crippen molar-refractivity contribution in [2.75, 3.05) is 12.3 Å². The van der Waals surface area contributed by atoms with Crippen molar-refractivity contribution in [3.63, 3.8) is 0 Å². The zero-order chi connectivity index (χ0) is 11.3. The topological polar surface area (TPSA) is 50.9 Å². The Balaban J connectivity index is 2.93. The lowest BCUT2D eigenvalue weighted by Gasteiger charge is -2.25. The summed E-state index contributed by atoms with van der Waals surface area (Å²) in [7, 11) is 0. The van der Waals surface area contributed by atoms with Gasteiger partial charge in [0.25, 0.3) is 0 Å².